The number of nitrogens with zero attached hydrogens (tertiary/aromatic N) is 1. The van der Waals surface area contributed by atoms with E-state index in [-0.39, 0.29) is 22.4 Å². The van der Waals surface area contributed by atoms with Crippen LogP contribution in [-0.4, -0.2) is 24.2 Å². The van der Waals surface area contributed by atoms with Crippen LogP contribution in [0.4, 0.5) is 4.39 Å². The van der Waals surface area contributed by atoms with E-state index in [9.17, 15) is 14.0 Å². The maximum atomic E-state index is 13.7. The number of carbonyl (C=O) groups excluding carboxylic acids is 1. The van der Waals surface area contributed by atoms with Crippen molar-refractivity contribution in [2.24, 2.45) is 5.92 Å². The molecule has 0 unspecified atom stereocenters. The molecule has 0 saturated carbocycles. The van der Waals surface area contributed by atoms with Gasteiger partial charge in [0.2, 0.25) is 10.6 Å². The minimum Gasteiger partial charge on any atom is -0.478 e. The van der Waals surface area contributed by atoms with Gasteiger partial charge in [0.1, 0.15) is 10.6 Å². The molecule has 0 atom stereocenters. The van der Waals surface area contributed by atoms with Crippen LogP contribution in [0.1, 0.15) is 64.4 Å². The second-order valence-corrected chi connectivity index (χ2v) is 10.1. The third-order valence-corrected chi connectivity index (χ3v) is 6.74. The molecule has 7 heteroatoms. The third-order valence-electron chi connectivity index (χ3n) is 5.82. The standard InChI is InChI=1S/C28H34FNO4S/c1-19(2)27(31)34-16-10-8-6-4-5-7-9-15-33-25-14-12-21-17-24(28(32)35-26(21)30-25)23-18-22(29)13-11-20(23)3/h11-14,17-19H,4-10,15-16H2,1-3H3. The average Bonchev–Trinajstić information content (AvgIpc) is 2.83. The third kappa shape index (κ3) is 8.13. The molecule has 0 N–H and O–H groups in total. The fourth-order valence-corrected chi connectivity index (χ4v) is 4.57. The summed E-state index contributed by atoms with van der Waals surface area (Å²) in [5.41, 5.74) is 1.96. The molecule has 0 spiro atoms. The zero-order chi connectivity index (χ0) is 25.2. The smallest absolute Gasteiger partial charge is 0.308 e. The molecule has 0 radical (unpaired) electrons. The second kappa shape index (κ2) is 13.3. The predicted molar refractivity (Wildman–Crippen MR) is 140 cm³/mol. The summed E-state index contributed by atoms with van der Waals surface area (Å²) in [5, 5.41) is 0.833. The Labute approximate surface area is 210 Å². The van der Waals surface area contributed by atoms with Crippen molar-refractivity contribution in [1.29, 1.82) is 0 Å². The number of aryl methyl sites for hydroxylation is 1. The van der Waals surface area contributed by atoms with Crippen LogP contribution in [0.25, 0.3) is 21.3 Å². The van der Waals surface area contributed by atoms with Gasteiger partial charge < -0.3 is 9.47 Å². The first-order chi connectivity index (χ1) is 16.8. The van der Waals surface area contributed by atoms with Crippen LogP contribution in [0.15, 0.2) is 41.2 Å². The van der Waals surface area contributed by atoms with Crippen LogP contribution in [0.3, 0.4) is 0 Å². The molecule has 35 heavy (non-hydrogen) atoms. The highest BCUT2D eigenvalue weighted by Gasteiger charge is 2.11. The van der Waals surface area contributed by atoms with E-state index in [0.717, 1.165) is 67.2 Å². The number of ether oxygens (including phenoxy) is 2. The summed E-state index contributed by atoms with van der Waals surface area (Å²) in [4.78, 5) is 29.2. The highest BCUT2D eigenvalue weighted by atomic mass is 32.1. The zero-order valence-electron chi connectivity index (χ0n) is 20.8. The molecule has 0 saturated heterocycles. The predicted octanol–water partition coefficient (Wildman–Crippen LogP) is 7.08. The highest BCUT2D eigenvalue weighted by molar-refractivity contribution is 7.16. The number of halogens is 1. The van der Waals surface area contributed by atoms with Gasteiger partial charge in [0.15, 0.2) is 0 Å². The van der Waals surface area contributed by atoms with Crippen molar-refractivity contribution in [2.45, 2.75) is 65.7 Å². The molecular weight excluding hydrogens is 465 g/mol. The van der Waals surface area contributed by atoms with Crippen molar-refractivity contribution >= 4 is 27.5 Å². The van der Waals surface area contributed by atoms with E-state index in [4.69, 9.17) is 9.47 Å². The fourth-order valence-electron chi connectivity index (χ4n) is 3.74. The molecule has 1 aromatic carbocycles. The van der Waals surface area contributed by atoms with Crippen molar-refractivity contribution < 1.29 is 18.7 Å². The number of carbonyl (C=O) groups is 1. The molecule has 2 aromatic heterocycles. The topological polar surface area (TPSA) is 65.5 Å². The van der Waals surface area contributed by atoms with Gasteiger partial charge in [0.25, 0.3) is 0 Å². The number of unbranched alkanes of at least 4 members (excludes halogenated alkanes) is 6. The molecule has 3 aromatic rings. The Morgan fingerprint density at radius 1 is 0.943 bits per heavy atom. The zero-order valence-corrected chi connectivity index (χ0v) is 21.6. The fraction of sp³-hybridized carbons (Fsp3) is 0.464. The van der Waals surface area contributed by atoms with E-state index < -0.39 is 0 Å². The van der Waals surface area contributed by atoms with Gasteiger partial charge in [-0.05, 0) is 55.2 Å². The van der Waals surface area contributed by atoms with Crippen molar-refractivity contribution in [3.8, 4) is 17.0 Å². The quantitative estimate of drug-likeness (QED) is 0.186. The lowest BCUT2D eigenvalue weighted by Gasteiger charge is -2.08. The Bertz CT molecular complexity index is 1190. The van der Waals surface area contributed by atoms with E-state index in [0.29, 0.717) is 35.1 Å². The number of esters is 1. The molecule has 2 heterocycles. The largest absolute Gasteiger partial charge is 0.478 e. The van der Waals surface area contributed by atoms with E-state index in [1.54, 1.807) is 12.1 Å². The lowest BCUT2D eigenvalue weighted by molar-refractivity contribution is -0.147. The number of fused-ring (bicyclic) bond motifs is 1. The highest BCUT2D eigenvalue weighted by Crippen LogP contribution is 2.27. The Morgan fingerprint density at radius 2 is 1.63 bits per heavy atom. The molecule has 0 aliphatic heterocycles. The van der Waals surface area contributed by atoms with Crippen molar-refractivity contribution in [2.75, 3.05) is 13.2 Å². The Morgan fingerprint density at radius 3 is 2.34 bits per heavy atom. The molecule has 0 aliphatic carbocycles. The lowest BCUT2D eigenvalue weighted by Crippen LogP contribution is -2.12. The number of hydrogen-bond donors (Lipinski definition) is 0. The number of hydrogen-bond acceptors (Lipinski definition) is 6. The monoisotopic (exact) mass is 499 g/mol. The van der Waals surface area contributed by atoms with E-state index in [2.05, 4.69) is 4.98 Å². The van der Waals surface area contributed by atoms with Crippen molar-refractivity contribution in [1.82, 2.24) is 4.98 Å². The summed E-state index contributed by atoms with van der Waals surface area (Å²) in [6, 6.07) is 9.97. The molecule has 188 valence electrons. The van der Waals surface area contributed by atoms with Gasteiger partial charge in [-0.1, -0.05) is 63.4 Å². The first kappa shape index (κ1) is 26.8. The van der Waals surface area contributed by atoms with Crippen LogP contribution in [0.2, 0.25) is 0 Å². The van der Waals surface area contributed by atoms with Gasteiger partial charge >= 0.3 is 5.97 Å². The molecular formula is C28H34FNO4S. The number of rotatable bonds is 13. The average molecular weight is 500 g/mol. The Hall–Kier alpha value is -2.80. The summed E-state index contributed by atoms with van der Waals surface area (Å²) in [6.45, 7) is 6.66. The van der Waals surface area contributed by atoms with Gasteiger partial charge in [-0.15, -0.1) is 0 Å². The Kier molecular flexibility index (Phi) is 10.2. The number of pyridine rings is 1. The van der Waals surface area contributed by atoms with Gasteiger partial charge in [-0.25, -0.2) is 9.37 Å². The summed E-state index contributed by atoms with van der Waals surface area (Å²) >= 11 is 1.06. The van der Waals surface area contributed by atoms with E-state index >= 15 is 0 Å². The van der Waals surface area contributed by atoms with Gasteiger partial charge in [-0.3, -0.25) is 9.59 Å². The van der Waals surface area contributed by atoms with Crippen molar-refractivity contribution in [3.05, 3.63) is 57.3 Å². The summed E-state index contributed by atoms with van der Waals surface area (Å²) in [5.74, 6) is -0.0281. The van der Waals surface area contributed by atoms with Crippen LogP contribution < -0.4 is 9.48 Å². The maximum absolute atomic E-state index is 13.7. The van der Waals surface area contributed by atoms with Gasteiger partial charge in [0.05, 0.1) is 19.1 Å². The molecule has 0 amide bonds. The SMILES string of the molecule is Cc1ccc(F)cc1-c1cc2ccc(OCCCCCCCCCOC(=O)C(C)C)nc2sc1=O. The second-order valence-electron chi connectivity index (χ2n) is 9.10. The summed E-state index contributed by atoms with van der Waals surface area (Å²) in [6.07, 6.45) is 7.47. The van der Waals surface area contributed by atoms with Gasteiger partial charge in [-0.2, -0.15) is 0 Å². The van der Waals surface area contributed by atoms with Crippen LogP contribution in [0.5, 0.6) is 5.88 Å². The maximum Gasteiger partial charge on any atom is 0.308 e. The van der Waals surface area contributed by atoms with Gasteiger partial charge in [0, 0.05) is 17.0 Å². The first-order valence-electron chi connectivity index (χ1n) is 12.4. The normalized spacial score (nSPS) is 11.2. The van der Waals surface area contributed by atoms with Crippen LogP contribution in [-0.2, 0) is 9.53 Å². The molecule has 0 bridgehead atoms. The van der Waals surface area contributed by atoms with E-state index in [1.165, 1.54) is 12.1 Å². The lowest BCUT2D eigenvalue weighted by atomic mass is 10.0. The van der Waals surface area contributed by atoms with Crippen LogP contribution >= 0.6 is 11.3 Å². The van der Waals surface area contributed by atoms with Crippen molar-refractivity contribution in [3.63, 3.8) is 0 Å². The molecule has 3 rings (SSSR count). The minimum atomic E-state index is -0.360. The summed E-state index contributed by atoms with van der Waals surface area (Å²) in [7, 11) is 0. The number of benzene rings is 1. The molecule has 5 nitrogen and oxygen atoms in total. The van der Waals surface area contributed by atoms with E-state index in [1.807, 2.05) is 32.9 Å². The first-order valence-corrected chi connectivity index (χ1v) is 13.2. The molecule has 0 fully saturated rings. The summed E-state index contributed by atoms with van der Waals surface area (Å²) < 4.78 is 24.6. The van der Waals surface area contributed by atoms with Crippen LogP contribution in [0, 0.1) is 18.7 Å². The minimum absolute atomic E-state index is 0.0595. The Balaban J connectivity index is 1.39. The number of aromatic nitrogens is 1. The molecule has 0 aliphatic rings.